The monoisotopic (exact) mass is 472 g/mol. The molecule has 4 atom stereocenters. The van der Waals surface area contributed by atoms with Crippen molar-refractivity contribution in [3.63, 3.8) is 0 Å². The van der Waals surface area contributed by atoms with E-state index in [1.54, 1.807) is 0 Å². The van der Waals surface area contributed by atoms with E-state index >= 15 is 0 Å². The van der Waals surface area contributed by atoms with Crippen LogP contribution in [0.2, 0.25) is 0 Å². The average molecular weight is 473 g/mol. The van der Waals surface area contributed by atoms with Gasteiger partial charge in [0, 0.05) is 30.2 Å². The minimum absolute atomic E-state index is 0.0140. The summed E-state index contributed by atoms with van der Waals surface area (Å²) in [6, 6.07) is -0.513. The molecule has 1 aliphatic heterocycles. The number of likely N-dealkylation sites (tertiary alicyclic amines) is 1. The molecular formula is C28H44N2O4. The lowest BCUT2D eigenvalue weighted by molar-refractivity contribution is -0.144. The first-order valence-corrected chi connectivity index (χ1v) is 13.4. The number of hydrogen-bond acceptors (Lipinski definition) is 4. The number of fused-ring (bicyclic) bond motifs is 1. The van der Waals surface area contributed by atoms with Gasteiger partial charge in [0.2, 0.25) is 11.7 Å². The molecule has 1 unspecified atom stereocenters. The molecule has 4 fully saturated rings. The van der Waals surface area contributed by atoms with Crippen LogP contribution in [0.25, 0.3) is 0 Å². The van der Waals surface area contributed by atoms with Crippen molar-refractivity contribution in [3.05, 3.63) is 0 Å². The van der Waals surface area contributed by atoms with Crippen molar-refractivity contribution in [1.82, 2.24) is 4.90 Å². The maximum Gasteiger partial charge on any atom is 0.285 e. The highest BCUT2D eigenvalue weighted by Gasteiger charge is 2.85. The van der Waals surface area contributed by atoms with Gasteiger partial charge in [-0.2, -0.15) is 0 Å². The number of nitrogens with two attached hydrogens (primary N) is 1. The van der Waals surface area contributed by atoms with E-state index in [1.807, 2.05) is 11.8 Å². The topological polar surface area (TPSA) is 97.5 Å². The van der Waals surface area contributed by atoms with Crippen molar-refractivity contribution in [2.75, 3.05) is 6.54 Å². The molecule has 3 saturated carbocycles. The van der Waals surface area contributed by atoms with Gasteiger partial charge in [0.1, 0.15) is 0 Å². The Morgan fingerprint density at radius 2 is 1.65 bits per heavy atom. The standard InChI is InChI=1S/C28H44N2O4/c1-17(25(2,3)4)24(34)30-16-28(26(5,6)27(28)11-8-12-27)15-20(30)21(31)14-19(22(32)23(29)33)13-18-9-7-10-18/h17-20H,7-16H2,1-6H3,(H2,29,33)/t17-,19?,20+,28-/m1/s1. The number of rotatable bonds is 8. The van der Waals surface area contributed by atoms with E-state index < -0.39 is 23.7 Å². The van der Waals surface area contributed by atoms with Crippen LogP contribution < -0.4 is 5.73 Å². The molecule has 190 valence electrons. The van der Waals surface area contributed by atoms with E-state index in [2.05, 4.69) is 34.6 Å². The second-order valence-corrected chi connectivity index (χ2v) is 13.5. The normalized spacial score (nSPS) is 31.0. The minimum atomic E-state index is -0.953. The third-order valence-corrected chi connectivity index (χ3v) is 11.0. The first-order chi connectivity index (χ1) is 15.7. The predicted octanol–water partition coefficient (Wildman–Crippen LogP) is 4.29. The summed E-state index contributed by atoms with van der Waals surface area (Å²) in [7, 11) is 0. The summed E-state index contributed by atoms with van der Waals surface area (Å²) in [6.45, 7) is 13.4. The Bertz CT molecular complexity index is 893. The van der Waals surface area contributed by atoms with Crippen molar-refractivity contribution in [2.24, 2.45) is 45.1 Å². The second-order valence-electron chi connectivity index (χ2n) is 13.5. The Hall–Kier alpha value is -1.72. The zero-order valence-electron chi connectivity index (χ0n) is 22.0. The molecule has 6 heteroatoms. The molecule has 3 aliphatic carbocycles. The number of Topliss-reactive ketones (excluding diaryl/α,β-unsaturated/α-hetero) is 2. The molecule has 4 rings (SSSR count). The molecule has 0 aromatic rings. The Balaban J connectivity index is 1.60. The minimum Gasteiger partial charge on any atom is -0.363 e. The van der Waals surface area contributed by atoms with Gasteiger partial charge in [-0.3, -0.25) is 19.2 Å². The van der Waals surface area contributed by atoms with Crippen molar-refractivity contribution in [3.8, 4) is 0 Å². The first kappa shape index (κ1) is 25.4. The largest absolute Gasteiger partial charge is 0.363 e. The predicted molar refractivity (Wildman–Crippen MR) is 131 cm³/mol. The molecule has 0 radical (unpaired) electrons. The van der Waals surface area contributed by atoms with Crippen molar-refractivity contribution >= 4 is 23.4 Å². The molecular weight excluding hydrogens is 428 g/mol. The molecule has 1 heterocycles. The number of carbonyl (C=O) groups is 4. The lowest BCUT2D eigenvalue weighted by Gasteiger charge is -2.34. The Morgan fingerprint density at radius 3 is 2.06 bits per heavy atom. The van der Waals surface area contributed by atoms with Gasteiger partial charge in [-0.1, -0.05) is 67.2 Å². The van der Waals surface area contributed by atoms with E-state index in [1.165, 1.54) is 19.3 Å². The highest BCUT2D eigenvalue weighted by molar-refractivity contribution is 6.36. The maximum atomic E-state index is 13.8. The number of amides is 2. The van der Waals surface area contributed by atoms with Crippen molar-refractivity contribution in [2.45, 2.75) is 105 Å². The third-order valence-electron chi connectivity index (χ3n) is 11.0. The zero-order valence-corrected chi connectivity index (χ0v) is 22.0. The SMILES string of the molecule is C[C@H](C(=O)N1C[C@]2(C[C@H]1C(=O)CC(CC1CCC1)C(=O)C(N)=O)C(C)(C)C21CCC1)C(C)(C)C. The van der Waals surface area contributed by atoms with Crippen LogP contribution in [0.5, 0.6) is 0 Å². The fourth-order valence-electron chi connectivity index (χ4n) is 7.73. The summed E-state index contributed by atoms with van der Waals surface area (Å²) in [6.07, 6.45) is 8.00. The van der Waals surface area contributed by atoms with Crippen molar-refractivity contribution in [1.29, 1.82) is 0 Å². The van der Waals surface area contributed by atoms with Crippen LogP contribution in [-0.4, -0.2) is 40.9 Å². The summed E-state index contributed by atoms with van der Waals surface area (Å²) < 4.78 is 0. The molecule has 0 aromatic heterocycles. The highest BCUT2D eigenvalue weighted by Crippen LogP contribution is 2.88. The fourth-order valence-corrected chi connectivity index (χ4v) is 7.73. The van der Waals surface area contributed by atoms with Gasteiger partial charge in [0.05, 0.1) is 6.04 Å². The molecule has 2 N–H and O–H groups in total. The van der Waals surface area contributed by atoms with Crippen LogP contribution in [0.1, 0.15) is 99.3 Å². The lowest BCUT2D eigenvalue weighted by Crippen LogP contribution is -2.46. The Labute approximate surface area is 204 Å². The molecule has 2 amide bonds. The van der Waals surface area contributed by atoms with Gasteiger partial charge in [-0.25, -0.2) is 0 Å². The summed E-state index contributed by atoms with van der Waals surface area (Å²) in [5.41, 5.74) is 5.45. The fraction of sp³-hybridized carbons (Fsp3) is 0.857. The number of carbonyl (C=O) groups excluding carboxylic acids is 4. The third kappa shape index (κ3) is 3.57. The number of ketones is 2. The van der Waals surface area contributed by atoms with Gasteiger partial charge in [0.25, 0.3) is 5.91 Å². The second kappa shape index (κ2) is 8.16. The van der Waals surface area contributed by atoms with Gasteiger partial charge in [0.15, 0.2) is 5.78 Å². The Morgan fingerprint density at radius 1 is 1.03 bits per heavy atom. The highest BCUT2D eigenvalue weighted by atomic mass is 16.2. The summed E-state index contributed by atoms with van der Waals surface area (Å²) >= 11 is 0. The molecule has 6 nitrogen and oxygen atoms in total. The summed E-state index contributed by atoms with van der Waals surface area (Å²) in [5, 5.41) is 0. The molecule has 2 spiro atoms. The van der Waals surface area contributed by atoms with Crippen LogP contribution in [0, 0.1) is 39.4 Å². The average Bonchev–Trinajstić information content (AvgIpc) is 2.94. The number of hydrogen-bond donors (Lipinski definition) is 1. The van der Waals surface area contributed by atoms with Gasteiger partial charge in [-0.15, -0.1) is 0 Å². The van der Waals surface area contributed by atoms with Crippen LogP contribution in [0.4, 0.5) is 0 Å². The quantitative estimate of drug-likeness (QED) is 0.533. The van der Waals surface area contributed by atoms with Gasteiger partial charge in [-0.05, 0) is 47.8 Å². The summed E-state index contributed by atoms with van der Waals surface area (Å²) in [4.78, 5) is 53.8. The van der Waals surface area contributed by atoms with Crippen LogP contribution in [0.15, 0.2) is 0 Å². The first-order valence-electron chi connectivity index (χ1n) is 13.4. The van der Waals surface area contributed by atoms with E-state index in [0.717, 1.165) is 19.3 Å². The smallest absolute Gasteiger partial charge is 0.285 e. The van der Waals surface area contributed by atoms with E-state index in [-0.39, 0.29) is 45.7 Å². The van der Waals surface area contributed by atoms with E-state index in [0.29, 0.717) is 25.3 Å². The lowest BCUT2D eigenvalue weighted by atomic mass is 9.73. The number of primary amides is 1. The Kier molecular flexibility index (Phi) is 6.09. The van der Waals surface area contributed by atoms with Crippen LogP contribution >= 0.6 is 0 Å². The summed E-state index contributed by atoms with van der Waals surface area (Å²) in [5.74, 6) is -2.10. The molecule has 0 bridgehead atoms. The van der Waals surface area contributed by atoms with Crippen LogP contribution in [-0.2, 0) is 19.2 Å². The molecule has 34 heavy (non-hydrogen) atoms. The van der Waals surface area contributed by atoms with E-state index in [4.69, 9.17) is 5.73 Å². The zero-order chi connectivity index (χ0) is 25.3. The van der Waals surface area contributed by atoms with Crippen molar-refractivity contribution < 1.29 is 19.2 Å². The molecule has 4 aliphatic rings. The molecule has 1 saturated heterocycles. The molecule has 0 aromatic carbocycles. The number of nitrogens with zero attached hydrogens (tertiary/aromatic N) is 1. The van der Waals surface area contributed by atoms with E-state index in [9.17, 15) is 19.2 Å². The maximum absolute atomic E-state index is 13.8. The van der Waals surface area contributed by atoms with Crippen LogP contribution in [0.3, 0.4) is 0 Å². The van der Waals surface area contributed by atoms with Gasteiger partial charge < -0.3 is 10.6 Å². The van der Waals surface area contributed by atoms with Gasteiger partial charge >= 0.3 is 0 Å².